The zero-order valence-electron chi connectivity index (χ0n) is 10.3. The van der Waals surface area contributed by atoms with Gasteiger partial charge in [-0.25, -0.2) is 5.73 Å². The molecule has 17 heavy (non-hydrogen) atoms. The molecule has 0 aromatic heterocycles. The Morgan fingerprint density at radius 1 is 1.24 bits per heavy atom. The molecule has 1 aromatic rings. The quantitative estimate of drug-likeness (QED) is 0.644. The number of benzene rings is 1. The topological polar surface area (TPSA) is 76.3 Å². The predicted octanol–water partition coefficient (Wildman–Crippen LogP) is 0.935. The van der Waals surface area contributed by atoms with Gasteiger partial charge in [0.1, 0.15) is 6.23 Å². The Hall–Kier alpha value is -0.940. The van der Waals surface area contributed by atoms with E-state index < -0.39 is 12.3 Å². The predicted molar refractivity (Wildman–Crippen MR) is 67.1 cm³/mol. The van der Waals surface area contributed by atoms with Gasteiger partial charge < -0.3 is 10.2 Å². The van der Waals surface area contributed by atoms with E-state index in [0.29, 0.717) is 0 Å². The molecule has 4 N–H and O–H groups in total. The Morgan fingerprint density at radius 3 is 2.29 bits per heavy atom. The third kappa shape index (κ3) is 4.09. The Morgan fingerprint density at radius 2 is 1.82 bits per heavy atom. The molecule has 0 aliphatic heterocycles. The second-order valence-electron chi connectivity index (χ2n) is 4.53. The van der Waals surface area contributed by atoms with E-state index in [4.69, 9.17) is 10.8 Å². The van der Waals surface area contributed by atoms with Crippen LogP contribution in [0.1, 0.15) is 25.5 Å². The molecule has 4 heteroatoms. The molecule has 0 amide bonds. The van der Waals surface area contributed by atoms with Crippen LogP contribution in [-0.4, -0.2) is 29.1 Å². The fourth-order valence-electron chi connectivity index (χ4n) is 1.61. The highest BCUT2D eigenvalue weighted by Gasteiger charge is 2.22. The van der Waals surface area contributed by atoms with Crippen LogP contribution in [0.3, 0.4) is 0 Å². The summed E-state index contributed by atoms with van der Waals surface area (Å²) in [4.78, 5) is 0. The van der Waals surface area contributed by atoms with Crippen LogP contribution in [0.4, 0.5) is 0 Å². The van der Waals surface area contributed by atoms with Crippen LogP contribution < -0.4 is 11.1 Å². The molecular weight excluding hydrogens is 216 g/mol. The van der Waals surface area contributed by atoms with Crippen LogP contribution in [0.25, 0.3) is 0 Å². The minimum absolute atomic E-state index is 0.0454. The molecule has 0 unspecified atom stereocenters. The normalized spacial score (nSPS) is 16.8. The minimum atomic E-state index is -0.975. The monoisotopic (exact) mass is 237 g/mol. The molecular formula is C13H21N2O2. The van der Waals surface area contributed by atoms with Gasteiger partial charge in [0, 0.05) is 6.04 Å². The first-order valence-electron chi connectivity index (χ1n) is 5.87. The second kappa shape index (κ2) is 6.71. The summed E-state index contributed by atoms with van der Waals surface area (Å²) in [5.41, 5.74) is 8.69. The highest BCUT2D eigenvalue weighted by Crippen LogP contribution is 2.15. The molecule has 0 aliphatic rings. The number of hydrogen-bond donors (Lipinski definition) is 3. The molecule has 0 aliphatic carbocycles. The van der Waals surface area contributed by atoms with Crippen molar-refractivity contribution >= 4 is 0 Å². The fraction of sp³-hybridized carbons (Fsp3) is 0.538. The number of nitrogens with one attached hydrogen (secondary N) is 2. The van der Waals surface area contributed by atoms with Gasteiger partial charge in [-0.3, -0.25) is 5.32 Å². The van der Waals surface area contributed by atoms with Crippen molar-refractivity contribution in [1.29, 1.82) is 0 Å². The van der Waals surface area contributed by atoms with Gasteiger partial charge >= 0.3 is 0 Å². The van der Waals surface area contributed by atoms with Crippen molar-refractivity contribution in [2.75, 3.05) is 6.61 Å². The van der Waals surface area contributed by atoms with E-state index in [1.54, 1.807) is 0 Å². The molecule has 0 spiro atoms. The van der Waals surface area contributed by atoms with Crippen LogP contribution in [0.5, 0.6) is 0 Å². The summed E-state index contributed by atoms with van der Waals surface area (Å²) in [5, 5.41) is 22.0. The third-order valence-electron chi connectivity index (χ3n) is 2.86. The molecule has 1 rings (SSSR count). The van der Waals surface area contributed by atoms with Gasteiger partial charge in [-0.15, -0.1) is 0 Å². The molecule has 1 radical (unpaired) electrons. The largest absolute Gasteiger partial charge is 0.395 e. The van der Waals surface area contributed by atoms with Gasteiger partial charge in [0.05, 0.1) is 12.6 Å². The van der Waals surface area contributed by atoms with E-state index in [-0.39, 0.29) is 18.6 Å². The van der Waals surface area contributed by atoms with E-state index in [0.717, 1.165) is 5.56 Å². The molecule has 95 valence electrons. The van der Waals surface area contributed by atoms with Crippen molar-refractivity contribution in [2.24, 2.45) is 5.92 Å². The SMILES string of the molecule is CC(C)[C@H](CO)N[C@@H](O)[C@H]([NH])c1ccccc1. The van der Waals surface area contributed by atoms with E-state index in [2.05, 4.69) is 5.32 Å². The van der Waals surface area contributed by atoms with Crippen LogP contribution in [0.2, 0.25) is 0 Å². The second-order valence-corrected chi connectivity index (χ2v) is 4.53. The maximum absolute atomic E-state index is 9.91. The summed E-state index contributed by atoms with van der Waals surface area (Å²) in [6, 6.07) is 8.24. The summed E-state index contributed by atoms with van der Waals surface area (Å²) < 4.78 is 0. The first kappa shape index (κ1) is 14.1. The van der Waals surface area contributed by atoms with E-state index in [9.17, 15) is 5.11 Å². The molecule has 0 bridgehead atoms. The Kier molecular flexibility index (Phi) is 5.58. The molecule has 3 atom stereocenters. The van der Waals surface area contributed by atoms with Crippen molar-refractivity contribution < 1.29 is 10.2 Å². The van der Waals surface area contributed by atoms with Crippen LogP contribution in [-0.2, 0) is 0 Å². The van der Waals surface area contributed by atoms with Gasteiger partial charge in [0.25, 0.3) is 0 Å². The summed E-state index contributed by atoms with van der Waals surface area (Å²) >= 11 is 0. The standard InChI is InChI=1S/C13H21N2O2/c1-9(2)11(8-16)15-13(17)12(14)10-6-4-3-5-7-10/h3-7,9,11-17H,8H2,1-2H3/t11-,12+,13-/m0/s1. The molecule has 0 heterocycles. The van der Waals surface area contributed by atoms with E-state index in [1.165, 1.54) is 0 Å². The maximum atomic E-state index is 9.91. The Balaban J connectivity index is 2.61. The number of aliphatic hydroxyl groups excluding tert-OH is 2. The van der Waals surface area contributed by atoms with E-state index in [1.807, 2.05) is 44.2 Å². The van der Waals surface area contributed by atoms with Gasteiger partial charge in [-0.1, -0.05) is 44.2 Å². The molecule has 1 aromatic carbocycles. The average Bonchev–Trinajstić information content (AvgIpc) is 2.35. The summed E-state index contributed by atoms with van der Waals surface area (Å²) in [5.74, 6) is 0.206. The fourth-order valence-corrected chi connectivity index (χ4v) is 1.61. The van der Waals surface area contributed by atoms with Crippen LogP contribution >= 0.6 is 0 Å². The average molecular weight is 237 g/mol. The van der Waals surface area contributed by atoms with Gasteiger partial charge in [-0.05, 0) is 11.5 Å². The number of hydrogen-bond acceptors (Lipinski definition) is 3. The zero-order chi connectivity index (χ0) is 12.8. The third-order valence-corrected chi connectivity index (χ3v) is 2.86. The zero-order valence-corrected chi connectivity index (χ0v) is 10.3. The van der Waals surface area contributed by atoms with Crippen molar-refractivity contribution in [1.82, 2.24) is 11.1 Å². The highest BCUT2D eigenvalue weighted by molar-refractivity contribution is 5.19. The summed E-state index contributed by atoms with van der Waals surface area (Å²) in [6.45, 7) is 3.88. The van der Waals surface area contributed by atoms with Gasteiger partial charge in [0.15, 0.2) is 0 Å². The molecule has 0 fully saturated rings. The minimum Gasteiger partial charge on any atom is -0.395 e. The lowest BCUT2D eigenvalue weighted by Gasteiger charge is -2.27. The smallest absolute Gasteiger partial charge is 0.126 e. The highest BCUT2D eigenvalue weighted by atomic mass is 16.3. The maximum Gasteiger partial charge on any atom is 0.126 e. The van der Waals surface area contributed by atoms with Gasteiger partial charge in [0.2, 0.25) is 0 Å². The number of rotatable bonds is 6. The molecule has 4 nitrogen and oxygen atoms in total. The number of aliphatic hydroxyl groups is 2. The molecule has 0 saturated carbocycles. The lowest BCUT2D eigenvalue weighted by Crippen LogP contribution is -2.46. The van der Waals surface area contributed by atoms with Crippen molar-refractivity contribution in [3.8, 4) is 0 Å². The van der Waals surface area contributed by atoms with Crippen molar-refractivity contribution in [3.63, 3.8) is 0 Å². The van der Waals surface area contributed by atoms with Crippen molar-refractivity contribution in [3.05, 3.63) is 35.9 Å². The first-order chi connectivity index (χ1) is 8.06. The summed E-state index contributed by atoms with van der Waals surface area (Å²) in [7, 11) is 0. The van der Waals surface area contributed by atoms with Crippen LogP contribution in [0, 0.1) is 5.92 Å². The van der Waals surface area contributed by atoms with E-state index >= 15 is 0 Å². The Labute approximate surface area is 102 Å². The first-order valence-corrected chi connectivity index (χ1v) is 5.87. The van der Waals surface area contributed by atoms with Crippen LogP contribution in [0.15, 0.2) is 30.3 Å². The lowest BCUT2D eigenvalue weighted by molar-refractivity contribution is 0.0679. The van der Waals surface area contributed by atoms with Gasteiger partial charge in [-0.2, -0.15) is 0 Å². The van der Waals surface area contributed by atoms with Crippen molar-refractivity contribution in [2.45, 2.75) is 32.2 Å². The Bertz CT molecular complexity index is 316. The summed E-state index contributed by atoms with van der Waals surface area (Å²) in [6.07, 6.45) is -0.975. The molecule has 0 saturated heterocycles. The lowest BCUT2D eigenvalue weighted by atomic mass is 10.0.